The molecule has 0 bridgehead atoms. The van der Waals surface area contributed by atoms with Gasteiger partial charge in [-0.25, -0.2) is 44.7 Å². The molecule has 0 atom stereocenters. The summed E-state index contributed by atoms with van der Waals surface area (Å²) in [6.45, 7) is 12.9. The standard InChI is InChI=1S/C17H23N5O.C17H25N5.C11H7Br2N3O.C6H4BrNO2.C5H5BrN2/c1-3-9-18-14-6-8-16(21-12-14)22-17(23)13-5-7-15(20-11-13)19-10-4-2;1-3-9-18-15-6-8-17(22-13-15)21-12-14-5-7-16(20-11-14)19-10-4-2;12-8-2-4-10(15-6-8)16-11(17)7-1-3-9(13)14-5-7;7-5-2-1-4(3-8-5)6(9)10;6-4-1-2-5(7)8-3-4/h5-8,11-12,18H,3-4,9-10H2,1-2H3,(H,19,20)(H,21,22,23);5-8,11,13,18H,3-4,9-10,12H2,1-2H3,(H,19,20)(H,21,22);1-6H,(H,15,16,17);1-3H,(H,9,10);1-3H,(H2,7,8). The summed E-state index contributed by atoms with van der Waals surface area (Å²) in [7, 11) is 0. The number of carbonyl (C=O) groups is 3. The number of nitrogens with zero attached hydrogens (tertiary/aromatic N) is 8. The lowest BCUT2D eigenvalue weighted by Gasteiger charge is -2.08. The van der Waals surface area contributed by atoms with E-state index in [1.807, 2.05) is 48.8 Å². The highest BCUT2D eigenvalue weighted by atomic mass is 79.9. The average Bonchev–Trinajstić information content (AvgIpc) is 3.48. The molecule has 20 nitrogen and oxygen atoms in total. The summed E-state index contributed by atoms with van der Waals surface area (Å²) in [6, 6.07) is 28.9. The van der Waals surface area contributed by atoms with Crippen molar-refractivity contribution in [1.29, 1.82) is 0 Å². The number of pyridine rings is 8. The number of carboxylic acids is 1. The van der Waals surface area contributed by atoms with Crippen molar-refractivity contribution in [2.24, 2.45) is 0 Å². The van der Waals surface area contributed by atoms with E-state index in [4.69, 9.17) is 10.8 Å². The topological polar surface area (TPSA) is 285 Å². The van der Waals surface area contributed by atoms with E-state index in [1.54, 1.807) is 73.3 Å². The van der Waals surface area contributed by atoms with Crippen LogP contribution in [0.5, 0.6) is 0 Å². The molecule has 0 aliphatic heterocycles. The SMILES string of the molecule is CCCNc1ccc(NC(=O)c2ccc(NCCC)nc2)nc1.CCCNc1ccc(NCc2ccc(NCCC)nc2)nc1.Nc1ccc(Br)cn1.O=C(Nc1ccc(Br)cn1)c1ccc(Br)nc1.O=C(O)c1ccc(Br)nc1. The molecule has 420 valence electrons. The predicted octanol–water partition coefficient (Wildman–Crippen LogP) is 13.3. The fourth-order valence-electron chi connectivity index (χ4n) is 5.91. The van der Waals surface area contributed by atoms with E-state index in [-0.39, 0.29) is 17.4 Å². The molecular formula is C56H64Br4N16O4. The third-order valence-corrected chi connectivity index (χ3v) is 11.9. The molecule has 0 aliphatic rings. The van der Waals surface area contributed by atoms with Crippen molar-refractivity contribution in [3.8, 4) is 0 Å². The van der Waals surface area contributed by atoms with Crippen molar-refractivity contribution >= 4 is 128 Å². The van der Waals surface area contributed by atoms with E-state index < -0.39 is 5.97 Å². The number of anilines is 8. The van der Waals surface area contributed by atoms with Crippen molar-refractivity contribution in [3.63, 3.8) is 0 Å². The summed E-state index contributed by atoms with van der Waals surface area (Å²) in [5, 5.41) is 30.2. The second-order valence-electron chi connectivity index (χ2n) is 16.6. The zero-order chi connectivity index (χ0) is 57.9. The summed E-state index contributed by atoms with van der Waals surface area (Å²) in [6.07, 6.45) is 17.4. The molecular weight excluding hydrogens is 1280 g/mol. The van der Waals surface area contributed by atoms with Gasteiger partial charge in [0.1, 0.15) is 44.1 Å². The number of aromatic carboxylic acids is 1. The number of rotatable bonds is 20. The molecule has 0 saturated heterocycles. The molecule has 8 aromatic rings. The minimum absolute atomic E-state index is 0.197. The van der Waals surface area contributed by atoms with Crippen LogP contribution in [0, 0.1) is 0 Å². The number of aromatic nitrogens is 8. The maximum absolute atomic E-state index is 12.2. The van der Waals surface area contributed by atoms with Crippen LogP contribution in [0.2, 0.25) is 0 Å². The molecule has 80 heavy (non-hydrogen) atoms. The molecule has 0 unspecified atom stereocenters. The fraction of sp³-hybridized carbons (Fsp3) is 0.232. The molecule has 0 saturated carbocycles. The van der Waals surface area contributed by atoms with Gasteiger partial charge < -0.3 is 48.1 Å². The monoisotopic (exact) mass is 1340 g/mol. The van der Waals surface area contributed by atoms with Gasteiger partial charge in [0.2, 0.25) is 0 Å². The van der Waals surface area contributed by atoms with Crippen LogP contribution in [0.1, 0.15) is 90.0 Å². The Kier molecular flexibility index (Phi) is 30.2. The number of nitrogens with two attached hydrogens (primary N) is 1. The molecule has 10 N–H and O–H groups in total. The normalized spacial score (nSPS) is 9.95. The maximum Gasteiger partial charge on any atom is 0.337 e. The first kappa shape index (κ1) is 64.9. The largest absolute Gasteiger partial charge is 0.478 e. The van der Waals surface area contributed by atoms with Crippen LogP contribution in [0.4, 0.5) is 46.3 Å². The van der Waals surface area contributed by atoms with Crippen molar-refractivity contribution in [1.82, 2.24) is 39.9 Å². The number of hydrogen-bond donors (Lipinski definition) is 9. The highest BCUT2D eigenvalue weighted by molar-refractivity contribution is 9.11. The Morgan fingerprint density at radius 3 is 1.20 bits per heavy atom. The van der Waals surface area contributed by atoms with Crippen LogP contribution in [0.3, 0.4) is 0 Å². The highest BCUT2D eigenvalue weighted by Crippen LogP contribution is 2.16. The number of hydrogen-bond acceptors (Lipinski definition) is 17. The van der Waals surface area contributed by atoms with Crippen molar-refractivity contribution in [3.05, 3.63) is 187 Å². The average molecular weight is 1340 g/mol. The van der Waals surface area contributed by atoms with Crippen LogP contribution in [0.25, 0.3) is 0 Å². The molecule has 0 spiro atoms. The zero-order valence-corrected chi connectivity index (χ0v) is 50.9. The number of carbonyl (C=O) groups excluding carboxylic acids is 2. The number of nitrogens with one attached hydrogen (secondary N) is 7. The lowest BCUT2D eigenvalue weighted by atomic mass is 10.2. The van der Waals surface area contributed by atoms with Gasteiger partial charge in [-0.2, -0.15) is 0 Å². The van der Waals surface area contributed by atoms with Gasteiger partial charge in [-0.3, -0.25) is 9.59 Å². The lowest BCUT2D eigenvalue weighted by molar-refractivity contribution is 0.0695. The van der Waals surface area contributed by atoms with Crippen molar-refractivity contribution < 1.29 is 19.5 Å². The van der Waals surface area contributed by atoms with E-state index in [1.165, 1.54) is 18.5 Å². The van der Waals surface area contributed by atoms with Gasteiger partial charge >= 0.3 is 5.97 Å². The molecule has 8 rings (SSSR count). The Balaban J connectivity index is 0.000000225. The van der Waals surface area contributed by atoms with Crippen LogP contribution in [-0.2, 0) is 6.54 Å². The number of halogens is 4. The lowest BCUT2D eigenvalue weighted by Crippen LogP contribution is -2.13. The second-order valence-corrected chi connectivity index (χ2v) is 20.1. The third-order valence-electron chi connectivity index (χ3n) is 10.0. The van der Waals surface area contributed by atoms with Crippen molar-refractivity contribution in [2.45, 2.75) is 59.9 Å². The molecule has 0 radical (unpaired) electrons. The van der Waals surface area contributed by atoms with Gasteiger partial charge in [0.15, 0.2) is 0 Å². The molecule has 0 fully saturated rings. The van der Waals surface area contributed by atoms with Crippen LogP contribution in [0.15, 0.2) is 165 Å². The Morgan fingerprint density at radius 1 is 0.412 bits per heavy atom. The number of amides is 2. The molecule has 24 heteroatoms. The summed E-state index contributed by atoms with van der Waals surface area (Å²) in [5.41, 5.74) is 9.61. The third kappa shape index (κ3) is 26.3. The molecule has 2 amide bonds. The van der Waals surface area contributed by atoms with E-state index >= 15 is 0 Å². The number of carboxylic acid groups (broad SMARTS) is 1. The molecule has 8 heterocycles. The van der Waals surface area contributed by atoms with Crippen LogP contribution in [-0.4, -0.2) is 88.9 Å². The predicted molar refractivity (Wildman–Crippen MR) is 334 cm³/mol. The summed E-state index contributed by atoms with van der Waals surface area (Å²) >= 11 is 12.8. The van der Waals surface area contributed by atoms with Gasteiger partial charge in [0.25, 0.3) is 11.8 Å². The molecule has 0 aromatic carbocycles. The Labute approximate surface area is 499 Å². The van der Waals surface area contributed by atoms with Gasteiger partial charge in [0, 0.05) is 78.9 Å². The highest BCUT2D eigenvalue weighted by Gasteiger charge is 2.09. The van der Waals surface area contributed by atoms with Crippen molar-refractivity contribution in [2.75, 3.05) is 69.1 Å². The van der Waals surface area contributed by atoms with Gasteiger partial charge in [-0.05, 0) is 186 Å². The summed E-state index contributed by atoms with van der Waals surface area (Å²) in [5.74, 6) is 2.72. The summed E-state index contributed by atoms with van der Waals surface area (Å²) < 4.78 is 3.14. The first-order chi connectivity index (χ1) is 38.7. The zero-order valence-electron chi connectivity index (χ0n) is 44.6. The quantitative estimate of drug-likeness (QED) is 0.0321. The van der Waals surface area contributed by atoms with Gasteiger partial charge in [-0.15, -0.1) is 0 Å². The van der Waals surface area contributed by atoms with E-state index in [0.29, 0.717) is 37.8 Å². The first-order valence-electron chi connectivity index (χ1n) is 25.3. The molecule has 0 aliphatic carbocycles. The van der Waals surface area contributed by atoms with Gasteiger partial charge in [0.05, 0.1) is 40.5 Å². The Hall–Kier alpha value is -7.67. The Morgan fingerprint density at radius 2 is 0.812 bits per heavy atom. The van der Waals surface area contributed by atoms with E-state index in [2.05, 4.69) is 175 Å². The maximum atomic E-state index is 12.2. The van der Waals surface area contributed by atoms with E-state index in [9.17, 15) is 14.4 Å². The summed E-state index contributed by atoms with van der Waals surface area (Å²) in [4.78, 5) is 67.0. The van der Waals surface area contributed by atoms with E-state index in [0.717, 1.165) is 102 Å². The first-order valence-corrected chi connectivity index (χ1v) is 28.5. The smallest absolute Gasteiger partial charge is 0.337 e. The van der Waals surface area contributed by atoms with Gasteiger partial charge in [-0.1, -0.05) is 33.8 Å². The fourth-order valence-corrected chi connectivity index (χ4v) is 6.84. The minimum atomic E-state index is -0.958. The number of nitrogen functional groups attached to an aromatic ring is 1. The van der Waals surface area contributed by atoms with Crippen LogP contribution >= 0.6 is 63.7 Å². The molecule has 8 aromatic heterocycles. The minimum Gasteiger partial charge on any atom is -0.478 e. The Bertz CT molecular complexity index is 2950. The second kappa shape index (κ2) is 37.2. The van der Waals surface area contributed by atoms with Crippen LogP contribution < -0.4 is 43.0 Å².